The van der Waals surface area contributed by atoms with Crippen LogP contribution in [0.4, 0.5) is 0 Å². The first kappa shape index (κ1) is 20.9. The minimum absolute atomic E-state index is 0.00127. The topological polar surface area (TPSA) is 56.7 Å². The zero-order valence-electron chi connectivity index (χ0n) is 18.6. The normalized spacial score (nSPS) is 26.5. The summed E-state index contributed by atoms with van der Waals surface area (Å²) >= 11 is 0. The van der Waals surface area contributed by atoms with Crippen LogP contribution in [-0.4, -0.2) is 65.1 Å². The van der Waals surface area contributed by atoms with Crippen molar-refractivity contribution in [3.05, 3.63) is 84.2 Å². The van der Waals surface area contributed by atoms with Crippen molar-refractivity contribution in [2.75, 3.05) is 27.2 Å². The number of nitrogens with zero attached hydrogens (tertiary/aromatic N) is 3. The average Bonchev–Trinajstić information content (AvgIpc) is 3.21. The van der Waals surface area contributed by atoms with Gasteiger partial charge in [-0.2, -0.15) is 0 Å². The summed E-state index contributed by atoms with van der Waals surface area (Å²) in [5, 5.41) is 12.0. The summed E-state index contributed by atoms with van der Waals surface area (Å²) < 4.78 is 0. The lowest BCUT2D eigenvalue weighted by Crippen LogP contribution is -2.47. The van der Waals surface area contributed by atoms with Crippen LogP contribution >= 0.6 is 0 Å². The molecule has 0 aliphatic carbocycles. The number of pyridine rings is 1. The molecular weight excluding hydrogens is 398 g/mol. The molecule has 0 saturated carbocycles. The number of rotatable bonds is 4. The van der Waals surface area contributed by atoms with Gasteiger partial charge in [-0.15, -0.1) is 0 Å². The van der Waals surface area contributed by atoms with E-state index in [1.165, 1.54) is 5.39 Å². The summed E-state index contributed by atoms with van der Waals surface area (Å²) in [6.07, 6.45) is 6.75. The molecule has 5 rings (SSSR count). The number of carbonyl (C=O) groups is 1. The van der Waals surface area contributed by atoms with E-state index in [4.69, 9.17) is 0 Å². The van der Waals surface area contributed by atoms with Gasteiger partial charge >= 0.3 is 0 Å². The Kier molecular flexibility index (Phi) is 5.53. The maximum absolute atomic E-state index is 13.9. The van der Waals surface area contributed by atoms with Gasteiger partial charge in [0, 0.05) is 32.0 Å². The quantitative estimate of drug-likeness (QED) is 0.692. The zero-order chi connectivity index (χ0) is 22.2. The van der Waals surface area contributed by atoms with Crippen LogP contribution in [0.1, 0.15) is 23.5 Å². The highest BCUT2D eigenvalue weighted by atomic mass is 16.3. The first-order valence-corrected chi connectivity index (χ1v) is 11.3. The van der Waals surface area contributed by atoms with E-state index < -0.39 is 0 Å². The van der Waals surface area contributed by atoms with Gasteiger partial charge in [0.2, 0.25) is 5.91 Å². The van der Waals surface area contributed by atoms with Gasteiger partial charge < -0.3 is 14.9 Å². The molecule has 164 valence electrons. The fourth-order valence-corrected chi connectivity index (χ4v) is 5.43. The van der Waals surface area contributed by atoms with Crippen LogP contribution in [0.15, 0.2) is 73.1 Å². The van der Waals surface area contributed by atoms with Crippen molar-refractivity contribution in [3.63, 3.8) is 0 Å². The lowest BCUT2D eigenvalue weighted by Gasteiger charge is -2.39. The molecule has 0 bridgehead atoms. The van der Waals surface area contributed by atoms with Gasteiger partial charge in [-0.3, -0.25) is 9.78 Å². The number of hydrogen-bond donors (Lipinski definition) is 1. The molecule has 2 aliphatic rings. The summed E-state index contributed by atoms with van der Waals surface area (Å²) in [5.41, 5.74) is 3.10. The third kappa shape index (κ3) is 3.61. The number of aliphatic hydroxyl groups excluding tert-OH is 1. The van der Waals surface area contributed by atoms with E-state index in [0.29, 0.717) is 5.92 Å². The standard InChI is InChI=1S/C27H29N3O2/c1-29-16-22(14-23(29)17-31)25-15-24(19-9-11-28-12-10-19)26(27(32)30(25)2)21-8-7-18-5-3-4-6-20(18)13-21/h3-13,15,22-23,25-26,31H,14,16-17H2,1-2H3. The number of aliphatic hydroxyl groups is 1. The summed E-state index contributed by atoms with van der Waals surface area (Å²) in [5.74, 6) is 0.0613. The molecule has 5 heteroatoms. The lowest BCUT2D eigenvalue weighted by molar-refractivity contribution is -0.132. The van der Waals surface area contributed by atoms with Crippen LogP contribution in [-0.2, 0) is 4.79 Å². The number of hydrogen-bond acceptors (Lipinski definition) is 4. The number of benzene rings is 2. The molecule has 0 radical (unpaired) electrons. The highest BCUT2D eigenvalue weighted by Gasteiger charge is 2.42. The Hall–Kier alpha value is -3.02. The van der Waals surface area contributed by atoms with Crippen LogP contribution in [0, 0.1) is 5.92 Å². The Bertz CT molecular complexity index is 1160. The Morgan fingerprint density at radius 2 is 1.78 bits per heavy atom. The number of carbonyl (C=O) groups excluding carboxylic acids is 1. The number of likely N-dealkylation sites (N-methyl/N-ethyl adjacent to an activating group) is 2. The van der Waals surface area contributed by atoms with Crippen molar-refractivity contribution in [1.82, 2.24) is 14.8 Å². The van der Waals surface area contributed by atoms with Crippen molar-refractivity contribution in [2.45, 2.75) is 24.4 Å². The molecule has 1 amide bonds. The van der Waals surface area contributed by atoms with Crippen molar-refractivity contribution in [2.24, 2.45) is 5.92 Å². The van der Waals surface area contributed by atoms with Crippen molar-refractivity contribution < 1.29 is 9.90 Å². The molecule has 0 spiro atoms. The molecule has 4 atom stereocenters. The van der Waals surface area contributed by atoms with E-state index >= 15 is 0 Å². The second-order valence-electron chi connectivity index (χ2n) is 9.11. The fraction of sp³-hybridized carbons (Fsp3) is 0.333. The third-order valence-electron chi connectivity index (χ3n) is 7.24. The van der Waals surface area contributed by atoms with E-state index in [-0.39, 0.29) is 30.5 Å². The molecule has 32 heavy (non-hydrogen) atoms. The molecule has 1 saturated heterocycles. The second-order valence-corrected chi connectivity index (χ2v) is 9.11. The van der Waals surface area contributed by atoms with E-state index in [1.807, 2.05) is 36.2 Å². The Balaban J connectivity index is 1.60. The van der Waals surface area contributed by atoms with Crippen LogP contribution in [0.25, 0.3) is 16.3 Å². The van der Waals surface area contributed by atoms with Crippen molar-refractivity contribution in [1.29, 1.82) is 0 Å². The van der Waals surface area contributed by atoms with Gasteiger partial charge in [0.05, 0.1) is 18.6 Å². The highest BCUT2D eigenvalue weighted by Crippen LogP contribution is 2.41. The smallest absolute Gasteiger partial charge is 0.234 e. The van der Waals surface area contributed by atoms with E-state index in [9.17, 15) is 9.90 Å². The minimum Gasteiger partial charge on any atom is -0.395 e. The predicted molar refractivity (Wildman–Crippen MR) is 127 cm³/mol. The molecule has 1 N–H and O–H groups in total. The largest absolute Gasteiger partial charge is 0.395 e. The first-order chi connectivity index (χ1) is 15.6. The van der Waals surface area contributed by atoms with Crippen molar-refractivity contribution >= 4 is 22.3 Å². The number of likely N-dealkylation sites (tertiary alicyclic amines) is 1. The number of amides is 1. The van der Waals surface area contributed by atoms with Crippen LogP contribution in [0.2, 0.25) is 0 Å². The average molecular weight is 428 g/mol. The second kappa shape index (κ2) is 8.49. The van der Waals surface area contributed by atoms with Gasteiger partial charge in [-0.1, -0.05) is 48.5 Å². The van der Waals surface area contributed by atoms with Gasteiger partial charge in [0.1, 0.15) is 0 Å². The molecule has 2 aliphatic heterocycles. The molecule has 1 fully saturated rings. The molecule has 4 unspecified atom stereocenters. The van der Waals surface area contributed by atoms with E-state index in [0.717, 1.165) is 35.1 Å². The number of fused-ring (bicyclic) bond motifs is 1. The molecule has 2 aromatic carbocycles. The van der Waals surface area contributed by atoms with Crippen LogP contribution < -0.4 is 0 Å². The number of aromatic nitrogens is 1. The van der Waals surface area contributed by atoms with E-state index in [2.05, 4.69) is 53.3 Å². The molecule has 1 aromatic heterocycles. The molecular formula is C27H29N3O2. The van der Waals surface area contributed by atoms with Gasteiger partial charge in [-0.05, 0) is 59.0 Å². The fourth-order valence-electron chi connectivity index (χ4n) is 5.43. The summed E-state index contributed by atoms with van der Waals surface area (Å²) in [7, 11) is 3.98. The first-order valence-electron chi connectivity index (χ1n) is 11.3. The summed E-state index contributed by atoms with van der Waals surface area (Å²) in [6, 6.07) is 18.7. The Morgan fingerprint density at radius 1 is 1.03 bits per heavy atom. The van der Waals surface area contributed by atoms with Crippen LogP contribution in [0.5, 0.6) is 0 Å². The highest BCUT2D eigenvalue weighted by molar-refractivity contribution is 6.00. The Labute approximate surface area is 189 Å². The minimum atomic E-state index is -0.351. The zero-order valence-corrected chi connectivity index (χ0v) is 18.6. The van der Waals surface area contributed by atoms with Crippen LogP contribution in [0.3, 0.4) is 0 Å². The lowest BCUT2D eigenvalue weighted by atomic mass is 9.79. The monoisotopic (exact) mass is 427 g/mol. The molecule has 3 aromatic rings. The maximum Gasteiger partial charge on any atom is 0.234 e. The summed E-state index contributed by atoms with van der Waals surface area (Å²) in [4.78, 5) is 22.2. The molecule has 5 nitrogen and oxygen atoms in total. The predicted octanol–water partition coefficient (Wildman–Crippen LogP) is 3.56. The summed E-state index contributed by atoms with van der Waals surface area (Å²) in [6.45, 7) is 1.02. The molecule has 3 heterocycles. The third-order valence-corrected chi connectivity index (χ3v) is 7.24. The Morgan fingerprint density at radius 3 is 2.50 bits per heavy atom. The van der Waals surface area contributed by atoms with E-state index in [1.54, 1.807) is 12.4 Å². The van der Waals surface area contributed by atoms with Gasteiger partial charge in [0.25, 0.3) is 0 Å². The SMILES string of the molecule is CN1CC(C2C=C(c3ccncc3)C(c3ccc4ccccc4c3)C(=O)N2C)CC1CO. The van der Waals surface area contributed by atoms with Crippen molar-refractivity contribution in [3.8, 4) is 0 Å². The maximum atomic E-state index is 13.9. The van der Waals surface area contributed by atoms with Gasteiger partial charge in [-0.25, -0.2) is 0 Å². The van der Waals surface area contributed by atoms with Gasteiger partial charge in [0.15, 0.2) is 0 Å².